The highest BCUT2D eigenvalue weighted by Crippen LogP contribution is 2.30. The van der Waals surface area contributed by atoms with Crippen molar-refractivity contribution in [3.05, 3.63) is 24.3 Å². The lowest BCUT2D eigenvalue weighted by molar-refractivity contribution is -0.136. The number of hydrogen-bond donors (Lipinski definition) is 4. The normalized spacial score (nSPS) is 13.3. The van der Waals surface area contributed by atoms with Gasteiger partial charge < -0.3 is 21.1 Å². The van der Waals surface area contributed by atoms with E-state index >= 15 is 0 Å². The Labute approximate surface area is 121 Å². The van der Waals surface area contributed by atoms with Crippen molar-refractivity contribution in [1.29, 1.82) is 0 Å². The van der Waals surface area contributed by atoms with E-state index < -0.39 is 12.0 Å². The van der Waals surface area contributed by atoms with Gasteiger partial charge in [-0.1, -0.05) is 0 Å². The molecule has 7 heteroatoms. The van der Waals surface area contributed by atoms with Gasteiger partial charge in [0, 0.05) is 23.8 Å². The Bertz CT molecular complexity index is 538. The highest BCUT2D eigenvalue weighted by atomic mass is 16.4. The Morgan fingerprint density at radius 1 is 1.05 bits per heavy atom. The smallest absolute Gasteiger partial charge is 0.319 e. The third-order valence-corrected chi connectivity index (χ3v) is 2.98. The van der Waals surface area contributed by atoms with Gasteiger partial charge >= 0.3 is 12.0 Å². The fourth-order valence-electron chi connectivity index (χ4n) is 1.68. The molecule has 1 aromatic carbocycles. The van der Waals surface area contributed by atoms with Crippen molar-refractivity contribution >= 4 is 29.3 Å². The van der Waals surface area contributed by atoms with Crippen molar-refractivity contribution in [1.82, 2.24) is 5.32 Å². The van der Waals surface area contributed by atoms with Crippen LogP contribution in [0.4, 0.5) is 16.2 Å². The van der Waals surface area contributed by atoms with Crippen molar-refractivity contribution in [2.75, 3.05) is 17.2 Å². The van der Waals surface area contributed by atoms with Crippen molar-refractivity contribution in [3.8, 4) is 0 Å². The summed E-state index contributed by atoms with van der Waals surface area (Å²) in [4.78, 5) is 33.4. The van der Waals surface area contributed by atoms with Gasteiger partial charge in [-0.25, -0.2) is 4.79 Å². The Kier molecular flexibility index (Phi) is 4.76. The summed E-state index contributed by atoms with van der Waals surface area (Å²) in [5.74, 6) is -0.795. The molecule has 1 fully saturated rings. The van der Waals surface area contributed by atoms with E-state index in [1.54, 1.807) is 24.3 Å². The molecule has 0 saturated heterocycles. The number of anilines is 2. The van der Waals surface area contributed by atoms with E-state index in [1.165, 1.54) is 0 Å². The number of carbonyl (C=O) groups is 3. The Hall–Kier alpha value is -2.57. The molecule has 0 radical (unpaired) electrons. The summed E-state index contributed by atoms with van der Waals surface area (Å²) in [5.41, 5.74) is 1.25. The highest BCUT2D eigenvalue weighted by molar-refractivity contribution is 5.94. The molecule has 0 aliphatic heterocycles. The fraction of sp³-hybridized carbons (Fsp3) is 0.357. The maximum Gasteiger partial charge on any atom is 0.319 e. The van der Waals surface area contributed by atoms with Crippen LogP contribution in [0.3, 0.4) is 0 Å². The lowest BCUT2D eigenvalue weighted by Gasteiger charge is -2.08. The summed E-state index contributed by atoms with van der Waals surface area (Å²) in [6.07, 6.45) is 1.77. The maximum absolute atomic E-state index is 11.6. The van der Waals surface area contributed by atoms with E-state index in [0.717, 1.165) is 12.8 Å². The molecule has 0 aromatic heterocycles. The summed E-state index contributed by atoms with van der Waals surface area (Å²) in [6, 6.07) is 6.27. The Morgan fingerprint density at radius 2 is 1.62 bits per heavy atom. The first-order chi connectivity index (χ1) is 10.0. The van der Waals surface area contributed by atoms with Crippen LogP contribution >= 0.6 is 0 Å². The number of carboxylic acids is 1. The van der Waals surface area contributed by atoms with Crippen LogP contribution in [0.5, 0.6) is 0 Å². The van der Waals surface area contributed by atoms with E-state index in [4.69, 9.17) is 5.11 Å². The molecular weight excluding hydrogens is 274 g/mol. The minimum atomic E-state index is -0.967. The first-order valence-corrected chi connectivity index (χ1v) is 6.72. The fourth-order valence-corrected chi connectivity index (χ4v) is 1.68. The van der Waals surface area contributed by atoms with Crippen LogP contribution in [0, 0.1) is 5.92 Å². The van der Waals surface area contributed by atoms with Crippen LogP contribution in [-0.4, -0.2) is 29.6 Å². The molecule has 4 N–H and O–H groups in total. The second-order valence-electron chi connectivity index (χ2n) is 4.87. The predicted molar refractivity (Wildman–Crippen MR) is 77.1 cm³/mol. The zero-order valence-electron chi connectivity index (χ0n) is 11.4. The van der Waals surface area contributed by atoms with Gasteiger partial charge in [0.05, 0.1) is 6.42 Å². The van der Waals surface area contributed by atoms with Gasteiger partial charge in [-0.15, -0.1) is 0 Å². The van der Waals surface area contributed by atoms with E-state index in [9.17, 15) is 14.4 Å². The third-order valence-electron chi connectivity index (χ3n) is 2.98. The SMILES string of the molecule is O=C(O)CCNC(=O)Nc1ccc(NC(=O)C2CC2)cc1. The molecule has 0 spiro atoms. The number of urea groups is 1. The molecule has 7 nitrogen and oxygen atoms in total. The zero-order valence-corrected chi connectivity index (χ0v) is 11.4. The van der Waals surface area contributed by atoms with Gasteiger partial charge in [0.2, 0.25) is 5.91 Å². The van der Waals surface area contributed by atoms with Crippen LogP contribution in [0.25, 0.3) is 0 Å². The van der Waals surface area contributed by atoms with Crippen LogP contribution in [0.1, 0.15) is 19.3 Å². The van der Waals surface area contributed by atoms with Gasteiger partial charge in [0.25, 0.3) is 0 Å². The minimum Gasteiger partial charge on any atom is -0.481 e. The highest BCUT2D eigenvalue weighted by Gasteiger charge is 2.29. The summed E-state index contributed by atoms with van der Waals surface area (Å²) in [7, 11) is 0. The van der Waals surface area contributed by atoms with Crippen LogP contribution in [0.15, 0.2) is 24.3 Å². The van der Waals surface area contributed by atoms with Gasteiger partial charge in [0.1, 0.15) is 0 Å². The van der Waals surface area contributed by atoms with Crippen molar-refractivity contribution in [2.45, 2.75) is 19.3 Å². The Balaban J connectivity index is 1.77. The second kappa shape index (κ2) is 6.74. The van der Waals surface area contributed by atoms with E-state index in [0.29, 0.717) is 11.4 Å². The molecule has 0 bridgehead atoms. The molecule has 21 heavy (non-hydrogen) atoms. The molecule has 3 amide bonds. The largest absolute Gasteiger partial charge is 0.481 e. The maximum atomic E-state index is 11.6. The average Bonchev–Trinajstić information content (AvgIpc) is 3.25. The minimum absolute atomic E-state index is 0.0297. The zero-order chi connectivity index (χ0) is 15.2. The van der Waals surface area contributed by atoms with Crippen LogP contribution in [0.2, 0.25) is 0 Å². The first-order valence-electron chi connectivity index (χ1n) is 6.72. The molecule has 0 heterocycles. The number of rotatable bonds is 6. The molecular formula is C14H17N3O4. The molecule has 1 aliphatic rings. The number of carboxylic acid groups (broad SMARTS) is 1. The Morgan fingerprint density at radius 3 is 2.14 bits per heavy atom. The summed E-state index contributed by atoms with van der Waals surface area (Å²) in [6.45, 7) is 0.0662. The van der Waals surface area contributed by atoms with Gasteiger partial charge in [-0.2, -0.15) is 0 Å². The van der Waals surface area contributed by atoms with E-state index in [1.807, 2.05) is 0 Å². The molecule has 0 unspecified atom stereocenters. The van der Waals surface area contributed by atoms with Gasteiger partial charge in [-0.3, -0.25) is 9.59 Å². The van der Waals surface area contributed by atoms with Gasteiger partial charge in [-0.05, 0) is 37.1 Å². The van der Waals surface area contributed by atoms with Crippen molar-refractivity contribution in [2.24, 2.45) is 5.92 Å². The molecule has 0 atom stereocenters. The quantitative estimate of drug-likeness (QED) is 0.639. The molecule has 2 rings (SSSR count). The number of benzene rings is 1. The monoisotopic (exact) mass is 291 g/mol. The predicted octanol–water partition coefficient (Wildman–Crippen LogP) is 1.63. The molecule has 1 aliphatic carbocycles. The number of carbonyl (C=O) groups excluding carboxylic acids is 2. The lowest BCUT2D eigenvalue weighted by atomic mass is 10.2. The standard InChI is InChI=1S/C14H17N3O4/c18-12(19)7-8-15-14(21)17-11-5-3-10(4-6-11)16-13(20)9-1-2-9/h3-6,9H,1-2,7-8H2,(H,16,20)(H,18,19)(H2,15,17,21). The summed E-state index contributed by atoms with van der Waals surface area (Å²) >= 11 is 0. The van der Waals surface area contributed by atoms with E-state index in [-0.39, 0.29) is 24.8 Å². The van der Waals surface area contributed by atoms with Crippen LogP contribution < -0.4 is 16.0 Å². The summed E-state index contributed by atoms with van der Waals surface area (Å²) in [5, 5.41) is 16.3. The average molecular weight is 291 g/mol. The van der Waals surface area contributed by atoms with Gasteiger partial charge in [0.15, 0.2) is 0 Å². The van der Waals surface area contributed by atoms with E-state index in [2.05, 4.69) is 16.0 Å². The topological polar surface area (TPSA) is 108 Å². The third kappa shape index (κ3) is 5.13. The number of aliphatic carboxylic acids is 1. The molecule has 112 valence electrons. The first kappa shape index (κ1) is 14.8. The van der Waals surface area contributed by atoms with Crippen LogP contribution in [-0.2, 0) is 9.59 Å². The van der Waals surface area contributed by atoms with Crippen molar-refractivity contribution < 1.29 is 19.5 Å². The lowest BCUT2D eigenvalue weighted by Crippen LogP contribution is -2.30. The number of nitrogens with one attached hydrogen (secondary N) is 3. The molecule has 1 aromatic rings. The van der Waals surface area contributed by atoms with Crippen molar-refractivity contribution in [3.63, 3.8) is 0 Å². The second-order valence-corrected chi connectivity index (χ2v) is 4.87. The molecule has 1 saturated carbocycles. The number of hydrogen-bond acceptors (Lipinski definition) is 3. The number of amides is 3. The summed E-state index contributed by atoms with van der Waals surface area (Å²) < 4.78 is 0.